The highest BCUT2D eigenvalue weighted by Crippen LogP contribution is 2.27. The van der Waals surface area contributed by atoms with Crippen LogP contribution in [0.2, 0.25) is 5.02 Å². The average Bonchev–Trinajstić information content (AvgIpc) is 3.33. The van der Waals surface area contributed by atoms with E-state index in [1.165, 1.54) is 32.1 Å². The van der Waals surface area contributed by atoms with Crippen LogP contribution in [0.3, 0.4) is 0 Å². The fourth-order valence-corrected chi connectivity index (χ4v) is 4.86. The standard InChI is InChI=1S/C18H24ClN3O/c19-16-6-1-2-7-17(16)21-18(23)20-12-10-14-4-3-5-15(11-12)22(14)13-8-9-13/h1-2,6-7,12-15H,3-5,8-11H2,(H2,20,21,23)/p+1/t14-,15-/m1/s1. The van der Waals surface area contributed by atoms with Gasteiger partial charge in [-0.1, -0.05) is 23.7 Å². The lowest BCUT2D eigenvalue weighted by atomic mass is 9.81. The van der Waals surface area contributed by atoms with Gasteiger partial charge in [-0.15, -0.1) is 0 Å². The van der Waals surface area contributed by atoms with Crippen LogP contribution in [0.25, 0.3) is 0 Å². The fraction of sp³-hybridized carbons (Fsp3) is 0.611. The van der Waals surface area contributed by atoms with E-state index in [1.807, 2.05) is 23.1 Å². The van der Waals surface area contributed by atoms with Gasteiger partial charge in [-0.25, -0.2) is 4.79 Å². The topological polar surface area (TPSA) is 45.6 Å². The first-order valence-corrected chi connectivity index (χ1v) is 9.27. The van der Waals surface area contributed by atoms with Gasteiger partial charge in [0.2, 0.25) is 0 Å². The molecule has 23 heavy (non-hydrogen) atoms. The van der Waals surface area contributed by atoms with Crippen LogP contribution in [-0.2, 0) is 0 Å². The zero-order valence-electron chi connectivity index (χ0n) is 13.4. The smallest absolute Gasteiger partial charge is 0.319 e. The number of halogens is 1. The Labute approximate surface area is 142 Å². The van der Waals surface area contributed by atoms with Crippen LogP contribution in [0.4, 0.5) is 10.5 Å². The van der Waals surface area contributed by atoms with E-state index >= 15 is 0 Å². The molecule has 2 amide bonds. The summed E-state index contributed by atoms with van der Waals surface area (Å²) >= 11 is 6.10. The number of nitrogens with one attached hydrogen (secondary N) is 3. The number of anilines is 1. The maximum absolute atomic E-state index is 12.3. The Morgan fingerprint density at radius 2 is 1.74 bits per heavy atom. The van der Waals surface area contributed by atoms with Crippen molar-refractivity contribution in [2.75, 3.05) is 5.32 Å². The minimum Gasteiger partial charge on any atom is -0.335 e. The third-order valence-electron chi connectivity index (χ3n) is 5.69. The van der Waals surface area contributed by atoms with Crippen molar-refractivity contribution >= 4 is 23.3 Å². The van der Waals surface area contributed by atoms with Crippen molar-refractivity contribution in [2.24, 2.45) is 0 Å². The molecule has 3 N–H and O–H groups in total. The van der Waals surface area contributed by atoms with E-state index in [2.05, 4.69) is 10.6 Å². The maximum atomic E-state index is 12.3. The molecule has 0 spiro atoms. The summed E-state index contributed by atoms with van der Waals surface area (Å²) in [6, 6.07) is 9.96. The first-order chi connectivity index (χ1) is 11.2. The van der Waals surface area contributed by atoms with Crippen LogP contribution in [0.15, 0.2) is 24.3 Å². The number of carbonyl (C=O) groups is 1. The number of carbonyl (C=O) groups excluding carboxylic acids is 1. The summed E-state index contributed by atoms with van der Waals surface area (Å²) in [4.78, 5) is 14.2. The number of amides is 2. The van der Waals surface area contributed by atoms with Crippen LogP contribution < -0.4 is 15.5 Å². The second-order valence-corrected chi connectivity index (χ2v) is 7.75. The third-order valence-corrected chi connectivity index (χ3v) is 6.02. The van der Waals surface area contributed by atoms with E-state index in [-0.39, 0.29) is 6.03 Å². The minimum absolute atomic E-state index is 0.129. The molecule has 4 nitrogen and oxygen atoms in total. The Morgan fingerprint density at radius 1 is 1.04 bits per heavy atom. The molecule has 2 atom stereocenters. The van der Waals surface area contributed by atoms with Gasteiger partial charge < -0.3 is 15.5 Å². The number of urea groups is 1. The molecule has 124 valence electrons. The second-order valence-electron chi connectivity index (χ2n) is 7.35. The lowest BCUT2D eigenvalue weighted by Crippen LogP contribution is -3.22. The van der Waals surface area contributed by atoms with Crippen molar-refractivity contribution in [1.29, 1.82) is 0 Å². The fourth-order valence-electron chi connectivity index (χ4n) is 4.68. The highest BCUT2D eigenvalue weighted by atomic mass is 35.5. The number of para-hydroxylation sites is 1. The Kier molecular flexibility index (Phi) is 4.20. The van der Waals surface area contributed by atoms with Gasteiger partial charge in [-0.2, -0.15) is 0 Å². The second kappa shape index (κ2) is 6.33. The van der Waals surface area contributed by atoms with Crippen LogP contribution in [0.1, 0.15) is 44.9 Å². The number of hydrogen-bond acceptors (Lipinski definition) is 1. The Bertz CT molecular complexity index is 575. The van der Waals surface area contributed by atoms with E-state index in [1.54, 1.807) is 6.07 Å². The molecule has 1 aromatic carbocycles. The molecule has 3 fully saturated rings. The first-order valence-electron chi connectivity index (χ1n) is 8.89. The van der Waals surface area contributed by atoms with Crippen molar-refractivity contribution in [1.82, 2.24) is 5.32 Å². The number of benzene rings is 1. The molecule has 0 radical (unpaired) electrons. The average molecular weight is 335 g/mol. The molecule has 2 saturated heterocycles. The quantitative estimate of drug-likeness (QED) is 0.781. The molecule has 1 aliphatic carbocycles. The SMILES string of the molecule is O=C(Nc1ccccc1Cl)NC1C[C@H]2CCC[C@H](C1)[NH+]2C1CC1. The lowest BCUT2D eigenvalue weighted by Gasteiger charge is -2.46. The van der Waals surface area contributed by atoms with E-state index in [4.69, 9.17) is 11.6 Å². The largest absolute Gasteiger partial charge is 0.335 e. The Balaban J connectivity index is 1.36. The third kappa shape index (κ3) is 3.33. The molecule has 2 aliphatic heterocycles. The summed E-state index contributed by atoms with van der Waals surface area (Å²) in [7, 11) is 0. The van der Waals surface area contributed by atoms with Crippen molar-refractivity contribution in [3.8, 4) is 0 Å². The van der Waals surface area contributed by atoms with E-state index < -0.39 is 0 Å². The highest BCUT2D eigenvalue weighted by Gasteiger charge is 2.48. The highest BCUT2D eigenvalue weighted by molar-refractivity contribution is 6.33. The van der Waals surface area contributed by atoms with Crippen molar-refractivity contribution < 1.29 is 9.69 Å². The summed E-state index contributed by atoms with van der Waals surface area (Å²) < 4.78 is 0. The van der Waals surface area contributed by atoms with Gasteiger partial charge in [-0.05, 0) is 31.4 Å². The molecular formula is C18H25ClN3O+. The molecule has 5 heteroatoms. The van der Waals surface area contributed by atoms with Gasteiger partial charge >= 0.3 is 6.03 Å². The number of fused-ring (bicyclic) bond motifs is 2. The number of piperidine rings is 2. The van der Waals surface area contributed by atoms with Crippen LogP contribution in [0.5, 0.6) is 0 Å². The zero-order chi connectivity index (χ0) is 15.8. The van der Waals surface area contributed by atoms with Crippen LogP contribution in [0, 0.1) is 0 Å². The molecule has 1 aromatic rings. The number of hydrogen-bond donors (Lipinski definition) is 3. The van der Waals surface area contributed by atoms with Gasteiger partial charge in [0, 0.05) is 31.7 Å². The molecule has 0 unspecified atom stereocenters. The monoisotopic (exact) mass is 334 g/mol. The Hall–Kier alpha value is -1.26. The molecule has 3 aliphatic rings. The molecule has 4 rings (SSSR count). The zero-order valence-corrected chi connectivity index (χ0v) is 14.1. The lowest BCUT2D eigenvalue weighted by molar-refractivity contribution is -0.971. The van der Waals surface area contributed by atoms with Crippen LogP contribution >= 0.6 is 11.6 Å². The van der Waals surface area contributed by atoms with E-state index in [0.717, 1.165) is 31.0 Å². The predicted octanol–water partition coefficient (Wildman–Crippen LogP) is 2.59. The number of rotatable bonds is 3. The van der Waals surface area contributed by atoms with Gasteiger partial charge in [0.05, 0.1) is 28.8 Å². The predicted molar refractivity (Wildman–Crippen MR) is 92.0 cm³/mol. The summed E-state index contributed by atoms with van der Waals surface area (Å²) in [5.74, 6) is 0. The van der Waals surface area contributed by atoms with Crippen LogP contribution in [-0.4, -0.2) is 30.2 Å². The van der Waals surface area contributed by atoms with Gasteiger partial charge in [0.1, 0.15) is 0 Å². The Morgan fingerprint density at radius 3 is 2.39 bits per heavy atom. The van der Waals surface area contributed by atoms with Gasteiger partial charge in [0.25, 0.3) is 0 Å². The summed E-state index contributed by atoms with van der Waals surface area (Å²) in [6.45, 7) is 0. The normalized spacial score (nSPS) is 33.1. The van der Waals surface area contributed by atoms with E-state index in [9.17, 15) is 4.79 Å². The van der Waals surface area contributed by atoms with E-state index in [0.29, 0.717) is 16.8 Å². The van der Waals surface area contributed by atoms with Crippen molar-refractivity contribution in [2.45, 2.75) is 69.1 Å². The summed E-state index contributed by atoms with van der Waals surface area (Å²) in [5.41, 5.74) is 0.674. The van der Waals surface area contributed by atoms with Crippen molar-refractivity contribution in [3.05, 3.63) is 29.3 Å². The molecule has 2 bridgehead atoms. The molecule has 1 saturated carbocycles. The minimum atomic E-state index is -0.129. The van der Waals surface area contributed by atoms with Crippen molar-refractivity contribution in [3.63, 3.8) is 0 Å². The number of quaternary nitrogens is 1. The molecule has 2 heterocycles. The van der Waals surface area contributed by atoms with Gasteiger partial charge in [-0.3, -0.25) is 0 Å². The molecular weight excluding hydrogens is 310 g/mol. The van der Waals surface area contributed by atoms with Gasteiger partial charge in [0.15, 0.2) is 0 Å². The summed E-state index contributed by atoms with van der Waals surface area (Å²) in [5, 5.41) is 6.64. The maximum Gasteiger partial charge on any atom is 0.319 e. The first kappa shape index (κ1) is 15.3. The summed E-state index contributed by atoms with van der Waals surface area (Å²) in [6.07, 6.45) is 9.08. The molecule has 0 aromatic heterocycles.